The quantitative estimate of drug-likeness (QED) is 0.286. The first-order valence-electron chi connectivity index (χ1n) is 12.7. The zero-order chi connectivity index (χ0) is 27.4. The molecule has 4 aromatic rings. The highest BCUT2D eigenvalue weighted by atomic mass is 35.5. The molecule has 7 rings (SSSR count). The van der Waals surface area contributed by atoms with E-state index in [1.807, 2.05) is 19.1 Å². The van der Waals surface area contributed by atoms with Crippen LogP contribution in [0.2, 0.25) is 10.0 Å². The van der Waals surface area contributed by atoms with E-state index >= 15 is 4.39 Å². The van der Waals surface area contributed by atoms with Crippen molar-refractivity contribution in [1.82, 2.24) is 14.5 Å². The van der Waals surface area contributed by atoms with Crippen molar-refractivity contribution in [2.75, 3.05) is 11.9 Å². The van der Waals surface area contributed by atoms with Gasteiger partial charge in [-0.25, -0.2) is 14.2 Å². The maximum Gasteiger partial charge on any atom is 0.336 e. The summed E-state index contributed by atoms with van der Waals surface area (Å²) in [5.74, 6) is -2.16. The molecule has 2 N–H and O–H groups in total. The second-order valence-electron chi connectivity index (χ2n) is 10.5. The van der Waals surface area contributed by atoms with Crippen LogP contribution in [-0.4, -0.2) is 44.0 Å². The van der Waals surface area contributed by atoms with E-state index in [0.717, 1.165) is 11.1 Å². The Hall–Kier alpha value is -3.46. The summed E-state index contributed by atoms with van der Waals surface area (Å²) in [6, 6.07) is 13.5. The smallest absolute Gasteiger partial charge is 0.336 e. The largest absolute Gasteiger partial charge is 0.478 e. The first-order chi connectivity index (χ1) is 18.7. The summed E-state index contributed by atoms with van der Waals surface area (Å²) in [6.07, 6.45) is 0. The number of halogens is 3. The number of amides is 1. The van der Waals surface area contributed by atoms with Crippen LogP contribution in [0.25, 0.3) is 11.0 Å². The number of carbonyl (C=O) groups is 2. The lowest BCUT2D eigenvalue weighted by Crippen LogP contribution is -2.52. The fourth-order valence-electron chi connectivity index (χ4n) is 7.36. The third kappa shape index (κ3) is 3.24. The van der Waals surface area contributed by atoms with Crippen LogP contribution in [0.4, 0.5) is 10.1 Å². The van der Waals surface area contributed by atoms with Crippen LogP contribution in [-0.2, 0) is 16.9 Å². The zero-order valence-electron chi connectivity index (χ0n) is 21.0. The average Bonchev–Trinajstić information content (AvgIpc) is 3.57. The molecule has 1 fully saturated rings. The van der Waals surface area contributed by atoms with E-state index in [4.69, 9.17) is 28.2 Å². The summed E-state index contributed by atoms with van der Waals surface area (Å²) in [4.78, 5) is 33.1. The molecule has 7 nitrogen and oxygen atoms in total. The third-order valence-corrected chi connectivity index (χ3v) is 9.27. The standard InChI is InChI=1S/C29H23Cl2FN4O3.CH4/c1-3-36-22-12-35-21-9-13(2)16(27(37)38)11-20(21)33-26(35)23(22)24(15-5-4-6-18(31)25(15)32)29(36)17-8-7-14(30)10-19(17)34-28(29)39;/h4-11,22-24H,3,12H2,1-2H3,(H,34,39)(H,37,38);1H4/t22-,23+,24-,29+;/m0./s1. The van der Waals surface area contributed by atoms with Crippen LogP contribution in [0.15, 0.2) is 48.5 Å². The van der Waals surface area contributed by atoms with Crippen molar-refractivity contribution in [3.8, 4) is 0 Å². The second-order valence-corrected chi connectivity index (χ2v) is 11.3. The molecule has 0 saturated carbocycles. The van der Waals surface area contributed by atoms with Crippen molar-refractivity contribution in [1.29, 1.82) is 0 Å². The number of aromatic carboxylic acids is 1. The summed E-state index contributed by atoms with van der Waals surface area (Å²) >= 11 is 12.6. The number of hydrogen-bond donors (Lipinski definition) is 2. The molecule has 1 spiro atoms. The SMILES string of the molecule is C.CCN1[C@H]2Cn3c(nc4cc(C(=O)O)c(C)cc43)[C@H]2[C@H](c2cccc(Cl)c2F)[C@]12C(=O)Nc1cc(Cl)ccc12. The Balaban J connectivity index is 0.00000289. The molecule has 40 heavy (non-hydrogen) atoms. The first kappa shape index (κ1) is 26.7. The van der Waals surface area contributed by atoms with Crippen LogP contribution < -0.4 is 5.32 Å². The number of benzene rings is 3. The number of aromatic nitrogens is 2. The fourth-order valence-corrected chi connectivity index (χ4v) is 7.71. The number of fused-ring (bicyclic) bond motifs is 7. The zero-order valence-corrected chi connectivity index (χ0v) is 22.5. The maximum absolute atomic E-state index is 15.9. The number of nitrogens with zero attached hydrogens (tertiary/aromatic N) is 3. The number of rotatable bonds is 3. The number of likely N-dealkylation sites (tertiary alicyclic amines) is 1. The summed E-state index contributed by atoms with van der Waals surface area (Å²) in [5.41, 5.74) is 2.67. The van der Waals surface area contributed by atoms with Gasteiger partial charge in [-0.05, 0) is 54.9 Å². The Labute approximate surface area is 240 Å². The van der Waals surface area contributed by atoms with Crippen molar-refractivity contribution in [2.24, 2.45) is 0 Å². The van der Waals surface area contributed by atoms with Crippen LogP contribution >= 0.6 is 23.2 Å². The number of nitrogens with one attached hydrogen (secondary N) is 1. The molecule has 0 unspecified atom stereocenters. The maximum atomic E-state index is 15.9. The minimum absolute atomic E-state index is 0. The van der Waals surface area contributed by atoms with Gasteiger partial charge in [0.2, 0.25) is 5.91 Å². The molecular formula is C30H27Cl2FN4O3. The molecule has 1 saturated heterocycles. The van der Waals surface area contributed by atoms with Gasteiger partial charge in [-0.1, -0.05) is 55.8 Å². The first-order valence-corrected chi connectivity index (χ1v) is 13.5. The third-order valence-electron chi connectivity index (χ3n) is 8.74. The molecular weight excluding hydrogens is 554 g/mol. The van der Waals surface area contributed by atoms with E-state index in [2.05, 4.69) is 14.8 Å². The van der Waals surface area contributed by atoms with Crippen LogP contribution in [0.5, 0.6) is 0 Å². The highest BCUT2D eigenvalue weighted by molar-refractivity contribution is 6.31. The molecule has 0 radical (unpaired) electrons. The molecule has 3 aliphatic heterocycles. The van der Waals surface area contributed by atoms with Crippen LogP contribution in [0.1, 0.15) is 59.1 Å². The van der Waals surface area contributed by atoms with Gasteiger partial charge in [0, 0.05) is 40.7 Å². The minimum atomic E-state index is -1.22. The Morgan fingerprint density at radius 2 is 2.00 bits per heavy atom. The van der Waals surface area contributed by atoms with Gasteiger partial charge < -0.3 is 15.0 Å². The van der Waals surface area contributed by atoms with Crippen molar-refractivity contribution in [2.45, 2.75) is 51.2 Å². The summed E-state index contributed by atoms with van der Waals surface area (Å²) in [5, 5.41) is 13.2. The van der Waals surface area contributed by atoms with E-state index in [9.17, 15) is 14.7 Å². The molecule has 10 heteroatoms. The van der Waals surface area contributed by atoms with Gasteiger partial charge in [-0.2, -0.15) is 0 Å². The predicted molar refractivity (Wildman–Crippen MR) is 153 cm³/mol. The van der Waals surface area contributed by atoms with Gasteiger partial charge in [0.15, 0.2) is 0 Å². The van der Waals surface area contributed by atoms with Crippen LogP contribution in [0.3, 0.4) is 0 Å². The van der Waals surface area contributed by atoms with Crippen LogP contribution in [0, 0.1) is 12.7 Å². The highest BCUT2D eigenvalue weighted by Crippen LogP contribution is 2.64. The molecule has 3 aliphatic rings. The van der Waals surface area contributed by atoms with Gasteiger partial charge in [-0.3, -0.25) is 9.69 Å². The monoisotopic (exact) mass is 580 g/mol. The number of carboxylic acid groups (broad SMARTS) is 1. The number of carbonyl (C=O) groups excluding carboxylic acids is 1. The Bertz CT molecular complexity index is 1750. The lowest BCUT2D eigenvalue weighted by molar-refractivity contribution is -0.127. The normalized spacial score (nSPS) is 24.6. The Morgan fingerprint density at radius 3 is 2.73 bits per heavy atom. The number of anilines is 1. The van der Waals surface area contributed by atoms with Gasteiger partial charge in [0.05, 0.1) is 21.6 Å². The van der Waals surface area contributed by atoms with E-state index in [-0.39, 0.29) is 35.9 Å². The number of likely N-dealkylation sites (N-methyl/N-ethyl adjacent to an activating group) is 1. The molecule has 3 aromatic carbocycles. The molecule has 4 heterocycles. The number of imidazole rings is 1. The molecule has 0 bridgehead atoms. The minimum Gasteiger partial charge on any atom is -0.478 e. The molecule has 4 atom stereocenters. The van der Waals surface area contributed by atoms with Gasteiger partial charge in [0.25, 0.3) is 0 Å². The summed E-state index contributed by atoms with van der Waals surface area (Å²) < 4.78 is 18.0. The lowest BCUT2D eigenvalue weighted by atomic mass is 9.71. The van der Waals surface area contributed by atoms with E-state index < -0.39 is 23.2 Å². The van der Waals surface area contributed by atoms with Crippen molar-refractivity contribution >= 4 is 51.8 Å². The molecule has 206 valence electrons. The number of aryl methyl sites for hydroxylation is 1. The van der Waals surface area contributed by atoms with Gasteiger partial charge >= 0.3 is 5.97 Å². The lowest BCUT2D eigenvalue weighted by Gasteiger charge is -2.39. The fraction of sp³-hybridized carbons (Fsp3) is 0.300. The predicted octanol–water partition coefficient (Wildman–Crippen LogP) is 6.56. The van der Waals surface area contributed by atoms with E-state index in [1.165, 1.54) is 6.07 Å². The second kappa shape index (κ2) is 9.03. The Morgan fingerprint density at radius 1 is 1.23 bits per heavy atom. The average molecular weight is 581 g/mol. The van der Waals surface area contributed by atoms with Crippen molar-refractivity contribution in [3.63, 3.8) is 0 Å². The molecule has 1 amide bonds. The van der Waals surface area contributed by atoms with E-state index in [0.29, 0.717) is 46.3 Å². The Kier molecular flexibility index (Phi) is 6.04. The number of hydrogen-bond acceptors (Lipinski definition) is 4. The summed E-state index contributed by atoms with van der Waals surface area (Å²) in [6.45, 7) is 4.81. The van der Waals surface area contributed by atoms with E-state index in [1.54, 1.807) is 37.3 Å². The van der Waals surface area contributed by atoms with Gasteiger partial charge in [-0.15, -0.1) is 0 Å². The summed E-state index contributed by atoms with van der Waals surface area (Å²) in [7, 11) is 0. The highest BCUT2D eigenvalue weighted by Gasteiger charge is 2.69. The van der Waals surface area contributed by atoms with Crippen molar-refractivity contribution in [3.05, 3.63) is 92.5 Å². The van der Waals surface area contributed by atoms with Crippen molar-refractivity contribution < 1.29 is 19.1 Å². The molecule has 0 aliphatic carbocycles. The number of carboxylic acids is 1. The molecule has 1 aromatic heterocycles. The van der Waals surface area contributed by atoms with Gasteiger partial charge in [0.1, 0.15) is 17.2 Å². The topological polar surface area (TPSA) is 87.5 Å².